The van der Waals surface area contributed by atoms with Gasteiger partial charge in [0.1, 0.15) is 0 Å². The van der Waals surface area contributed by atoms with Crippen LogP contribution in [0.3, 0.4) is 0 Å². The monoisotopic (exact) mass is 263 g/mol. The molecule has 0 unspecified atom stereocenters. The summed E-state index contributed by atoms with van der Waals surface area (Å²) in [5.41, 5.74) is 1.70. The summed E-state index contributed by atoms with van der Waals surface area (Å²) in [4.78, 5) is 4.42. The molecule has 0 fully saturated rings. The average Bonchev–Trinajstić information content (AvgIpc) is 2.72. The first-order chi connectivity index (χ1) is 9.13. The normalized spacial score (nSPS) is 10.5. The predicted octanol–water partition coefficient (Wildman–Crippen LogP) is 3.49. The molecule has 1 aromatic carbocycles. The second-order valence-corrected chi connectivity index (χ2v) is 4.37. The van der Waals surface area contributed by atoms with E-state index in [2.05, 4.69) is 17.2 Å². The van der Waals surface area contributed by atoms with Gasteiger partial charge in [-0.3, -0.25) is 0 Å². The SMILES string of the molecule is CCCn1cc(C)nc1Nc1ccc(F)c(OC)c1. The number of aryl methyl sites for hydroxylation is 2. The molecule has 0 saturated carbocycles. The molecule has 0 bridgehead atoms. The van der Waals surface area contributed by atoms with E-state index in [1.807, 2.05) is 17.7 Å². The number of anilines is 2. The van der Waals surface area contributed by atoms with Crippen molar-refractivity contribution in [2.75, 3.05) is 12.4 Å². The number of ether oxygens (including phenoxy) is 1. The topological polar surface area (TPSA) is 39.1 Å². The van der Waals surface area contributed by atoms with Crippen molar-refractivity contribution in [1.29, 1.82) is 0 Å². The molecule has 1 N–H and O–H groups in total. The molecule has 0 radical (unpaired) electrons. The highest BCUT2D eigenvalue weighted by Gasteiger charge is 2.08. The average molecular weight is 263 g/mol. The zero-order valence-electron chi connectivity index (χ0n) is 11.4. The Bertz CT molecular complexity index is 566. The Labute approximate surface area is 112 Å². The minimum absolute atomic E-state index is 0.218. The highest BCUT2D eigenvalue weighted by atomic mass is 19.1. The second-order valence-electron chi connectivity index (χ2n) is 4.37. The lowest BCUT2D eigenvalue weighted by Crippen LogP contribution is -2.03. The van der Waals surface area contributed by atoms with Crippen molar-refractivity contribution in [3.63, 3.8) is 0 Å². The van der Waals surface area contributed by atoms with E-state index in [0.717, 1.165) is 30.3 Å². The van der Waals surface area contributed by atoms with Gasteiger partial charge in [0, 0.05) is 24.5 Å². The quantitative estimate of drug-likeness (QED) is 0.897. The van der Waals surface area contributed by atoms with E-state index in [1.165, 1.54) is 13.2 Å². The molecule has 0 saturated heterocycles. The fraction of sp³-hybridized carbons (Fsp3) is 0.357. The maximum absolute atomic E-state index is 13.3. The molecule has 2 rings (SSSR count). The third-order valence-corrected chi connectivity index (χ3v) is 2.77. The van der Waals surface area contributed by atoms with Crippen molar-refractivity contribution in [1.82, 2.24) is 9.55 Å². The van der Waals surface area contributed by atoms with Gasteiger partial charge < -0.3 is 14.6 Å². The Morgan fingerprint density at radius 3 is 2.89 bits per heavy atom. The molecule has 1 aromatic heterocycles. The van der Waals surface area contributed by atoms with Gasteiger partial charge in [-0.15, -0.1) is 0 Å². The predicted molar refractivity (Wildman–Crippen MR) is 73.5 cm³/mol. The number of imidazole rings is 1. The maximum atomic E-state index is 13.3. The van der Waals surface area contributed by atoms with Crippen LogP contribution in [0.5, 0.6) is 5.75 Å². The largest absolute Gasteiger partial charge is 0.494 e. The Balaban J connectivity index is 2.25. The summed E-state index contributed by atoms with van der Waals surface area (Å²) >= 11 is 0. The molecular weight excluding hydrogens is 245 g/mol. The van der Waals surface area contributed by atoms with Gasteiger partial charge in [0.2, 0.25) is 5.95 Å². The lowest BCUT2D eigenvalue weighted by Gasteiger charge is -2.10. The number of nitrogens with zero attached hydrogens (tertiary/aromatic N) is 2. The van der Waals surface area contributed by atoms with Crippen LogP contribution in [0.1, 0.15) is 19.0 Å². The van der Waals surface area contributed by atoms with Gasteiger partial charge in [-0.05, 0) is 25.5 Å². The van der Waals surface area contributed by atoms with E-state index < -0.39 is 0 Å². The van der Waals surface area contributed by atoms with Crippen LogP contribution in [0, 0.1) is 12.7 Å². The Morgan fingerprint density at radius 2 is 2.21 bits per heavy atom. The summed E-state index contributed by atoms with van der Waals surface area (Å²) in [6.07, 6.45) is 3.02. The number of benzene rings is 1. The molecule has 1 heterocycles. The molecule has 0 aliphatic heterocycles. The Hall–Kier alpha value is -2.04. The van der Waals surface area contributed by atoms with E-state index in [-0.39, 0.29) is 11.6 Å². The van der Waals surface area contributed by atoms with E-state index in [4.69, 9.17) is 4.74 Å². The fourth-order valence-corrected chi connectivity index (χ4v) is 1.92. The third-order valence-electron chi connectivity index (χ3n) is 2.77. The summed E-state index contributed by atoms with van der Waals surface area (Å²) in [6.45, 7) is 4.95. The first-order valence-corrected chi connectivity index (χ1v) is 6.28. The number of nitrogens with one attached hydrogen (secondary N) is 1. The minimum atomic E-state index is -0.374. The van der Waals surface area contributed by atoms with E-state index in [1.54, 1.807) is 12.1 Å². The molecule has 2 aromatic rings. The van der Waals surface area contributed by atoms with Gasteiger partial charge in [0.25, 0.3) is 0 Å². The molecule has 102 valence electrons. The van der Waals surface area contributed by atoms with Crippen molar-refractivity contribution >= 4 is 11.6 Å². The zero-order valence-corrected chi connectivity index (χ0v) is 11.4. The zero-order chi connectivity index (χ0) is 13.8. The number of rotatable bonds is 5. The van der Waals surface area contributed by atoms with Crippen LogP contribution >= 0.6 is 0 Å². The third kappa shape index (κ3) is 3.05. The fourth-order valence-electron chi connectivity index (χ4n) is 1.92. The minimum Gasteiger partial charge on any atom is -0.494 e. The van der Waals surface area contributed by atoms with Crippen LogP contribution in [0.2, 0.25) is 0 Å². The summed E-state index contributed by atoms with van der Waals surface area (Å²) in [6, 6.07) is 4.66. The second kappa shape index (κ2) is 5.73. The summed E-state index contributed by atoms with van der Waals surface area (Å²) in [5.74, 6) is 0.601. The molecule has 0 spiro atoms. The number of hydrogen-bond donors (Lipinski definition) is 1. The van der Waals surface area contributed by atoms with Gasteiger partial charge in [-0.2, -0.15) is 0 Å². The van der Waals surface area contributed by atoms with E-state index in [0.29, 0.717) is 0 Å². The van der Waals surface area contributed by atoms with Crippen molar-refractivity contribution in [3.8, 4) is 5.75 Å². The maximum Gasteiger partial charge on any atom is 0.207 e. The molecular formula is C14H18FN3O. The number of aromatic nitrogens is 2. The van der Waals surface area contributed by atoms with Crippen molar-refractivity contribution < 1.29 is 9.13 Å². The van der Waals surface area contributed by atoms with Crippen LogP contribution < -0.4 is 10.1 Å². The van der Waals surface area contributed by atoms with Gasteiger partial charge >= 0.3 is 0 Å². The van der Waals surface area contributed by atoms with E-state index in [9.17, 15) is 4.39 Å². The molecule has 4 nitrogen and oxygen atoms in total. The van der Waals surface area contributed by atoms with Gasteiger partial charge in [0.05, 0.1) is 12.8 Å². The number of halogens is 1. The smallest absolute Gasteiger partial charge is 0.207 e. The van der Waals surface area contributed by atoms with Gasteiger partial charge in [-0.25, -0.2) is 9.37 Å². The van der Waals surface area contributed by atoms with Gasteiger partial charge in [0.15, 0.2) is 11.6 Å². The van der Waals surface area contributed by atoms with Crippen molar-refractivity contribution in [2.24, 2.45) is 0 Å². The Morgan fingerprint density at radius 1 is 1.42 bits per heavy atom. The van der Waals surface area contributed by atoms with Crippen molar-refractivity contribution in [2.45, 2.75) is 26.8 Å². The van der Waals surface area contributed by atoms with Crippen LogP contribution in [0.25, 0.3) is 0 Å². The lowest BCUT2D eigenvalue weighted by molar-refractivity contribution is 0.387. The Kier molecular flexibility index (Phi) is 4.04. The molecule has 0 amide bonds. The van der Waals surface area contributed by atoms with Gasteiger partial charge in [-0.1, -0.05) is 6.92 Å². The molecule has 0 aliphatic rings. The highest BCUT2D eigenvalue weighted by Crippen LogP contribution is 2.24. The summed E-state index contributed by atoms with van der Waals surface area (Å²) < 4.78 is 20.4. The number of methoxy groups -OCH3 is 1. The van der Waals surface area contributed by atoms with Crippen molar-refractivity contribution in [3.05, 3.63) is 35.9 Å². The molecule has 0 atom stereocenters. The summed E-state index contributed by atoms with van der Waals surface area (Å²) in [5, 5.41) is 3.19. The molecule has 5 heteroatoms. The van der Waals surface area contributed by atoms with Crippen LogP contribution in [0.4, 0.5) is 16.0 Å². The molecule has 0 aliphatic carbocycles. The lowest BCUT2D eigenvalue weighted by atomic mass is 10.3. The van der Waals surface area contributed by atoms with Crippen LogP contribution in [0.15, 0.2) is 24.4 Å². The first kappa shape index (κ1) is 13.4. The summed E-state index contributed by atoms with van der Waals surface area (Å²) in [7, 11) is 1.45. The standard InChI is InChI=1S/C14H18FN3O/c1-4-7-18-9-10(2)16-14(18)17-11-5-6-12(15)13(8-11)19-3/h5-6,8-9H,4,7H2,1-3H3,(H,16,17). The van der Waals surface area contributed by atoms with E-state index >= 15 is 0 Å². The number of hydrogen-bond acceptors (Lipinski definition) is 3. The highest BCUT2D eigenvalue weighted by molar-refractivity contribution is 5.56. The first-order valence-electron chi connectivity index (χ1n) is 6.28. The molecule has 19 heavy (non-hydrogen) atoms. The van der Waals surface area contributed by atoms with Crippen LogP contribution in [-0.4, -0.2) is 16.7 Å². The van der Waals surface area contributed by atoms with Crippen LogP contribution in [-0.2, 0) is 6.54 Å².